The Hall–Kier alpha value is -2.63. The molecule has 0 unspecified atom stereocenters. The lowest BCUT2D eigenvalue weighted by atomic mass is 10.1. The van der Waals surface area contributed by atoms with Crippen LogP contribution >= 0.6 is 23.2 Å². The number of H-pyrrole nitrogens is 1. The second-order valence-electron chi connectivity index (χ2n) is 5.16. The van der Waals surface area contributed by atoms with Gasteiger partial charge < -0.3 is 10.2 Å². The van der Waals surface area contributed by atoms with Gasteiger partial charge in [-0.05, 0) is 42.0 Å². The summed E-state index contributed by atoms with van der Waals surface area (Å²) in [5, 5.41) is 23.3. The molecular weight excluding hydrogens is 351 g/mol. The van der Waals surface area contributed by atoms with Gasteiger partial charge in [0.05, 0.1) is 16.3 Å². The predicted octanol–water partition coefficient (Wildman–Crippen LogP) is 2.12. The molecule has 122 valence electrons. The highest BCUT2D eigenvalue weighted by atomic mass is 35.5. The van der Waals surface area contributed by atoms with E-state index in [-0.39, 0.29) is 17.1 Å². The average molecular weight is 363 g/mol. The zero-order valence-corrected chi connectivity index (χ0v) is 13.8. The highest BCUT2D eigenvalue weighted by Gasteiger charge is 2.07. The van der Waals surface area contributed by atoms with Crippen molar-refractivity contribution in [3.63, 3.8) is 0 Å². The zero-order valence-electron chi connectivity index (χ0n) is 12.3. The highest BCUT2D eigenvalue weighted by molar-refractivity contribution is 6.34. The Labute approximate surface area is 146 Å². The van der Waals surface area contributed by atoms with Crippen molar-refractivity contribution in [2.24, 2.45) is 0 Å². The number of halogens is 2. The molecule has 0 saturated heterocycles. The van der Waals surface area contributed by atoms with Gasteiger partial charge in [0.25, 0.3) is 5.56 Å². The third kappa shape index (κ3) is 3.04. The van der Waals surface area contributed by atoms with Crippen LogP contribution in [0.2, 0.25) is 10.0 Å². The van der Waals surface area contributed by atoms with Gasteiger partial charge >= 0.3 is 0 Å². The summed E-state index contributed by atoms with van der Waals surface area (Å²) in [6.07, 6.45) is 1.56. The molecule has 0 bridgehead atoms. The molecular formula is C17H12Cl2N2O3. The van der Waals surface area contributed by atoms with Crippen molar-refractivity contribution in [2.75, 3.05) is 0 Å². The van der Waals surface area contributed by atoms with Crippen molar-refractivity contribution in [2.45, 2.75) is 0 Å². The first kappa shape index (κ1) is 16.2. The summed E-state index contributed by atoms with van der Waals surface area (Å²) in [5.41, 5.74) is 0.684. The maximum absolute atomic E-state index is 12.6. The lowest BCUT2D eigenvalue weighted by Gasteiger charge is -2.02. The van der Waals surface area contributed by atoms with Crippen LogP contribution < -0.4 is 16.1 Å². The summed E-state index contributed by atoms with van der Waals surface area (Å²) in [4.78, 5) is 12.6. The minimum Gasteiger partial charge on any atom is -0.504 e. The van der Waals surface area contributed by atoms with Crippen LogP contribution in [0.5, 0.6) is 11.5 Å². The Balaban J connectivity index is 2.20. The largest absolute Gasteiger partial charge is 0.504 e. The standard InChI is InChI=1S/C17H12Cl2N2O3/c1-9-14(4-10-2-3-15(22)16(23)5-10)17(24)21(20-9)13-7-11(18)6-12(19)8-13/h2-8,20,22-23H,1H2. The third-order valence-electron chi connectivity index (χ3n) is 3.42. The van der Waals surface area contributed by atoms with Gasteiger partial charge in [-0.15, -0.1) is 0 Å². The van der Waals surface area contributed by atoms with Crippen LogP contribution in [0.3, 0.4) is 0 Å². The molecule has 0 aliphatic carbocycles. The molecule has 0 aliphatic heterocycles. The number of aromatic hydroxyl groups is 2. The molecule has 0 aliphatic rings. The average Bonchev–Trinajstić information content (AvgIpc) is 2.78. The number of phenolic OH excluding ortho intramolecular Hbond substituents is 2. The molecule has 0 radical (unpaired) electrons. The van der Waals surface area contributed by atoms with Gasteiger partial charge in [0.2, 0.25) is 0 Å². The van der Waals surface area contributed by atoms with Crippen LogP contribution in [0, 0.1) is 0 Å². The highest BCUT2D eigenvalue weighted by Crippen LogP contribution is 2.25. The van der Waals surface area contributed by atoms with Crippen LogP contribution in [0.15, 0.2) is 41.2 Å². The molecule has 1 aromatic heterocycles. The molecule has 2 aromatic carbocycles. The molecule has 0 spiro atoms. The summed E-state index contributed by atoms with van der Waals surface area (Å²) in [6.45, 7) is 3.82. The van der Waals surface area contributed by atoms with E-state index in [1.54, 1.807) is 30.3 Å². The van der Waals surface area contributed by atoms with E-state index in [0.717, 1.165) is 0 Å². The molecule has 3 N–H and O–H groups in total. The maximum atomic E-state index is 12.6. The van der Waals surface area contributed by atoms with Gasteiger partial charge in [-0.3, -0.25) is 9.89 Å². The van der Waals surface area contributed by atoms with Crippen molar-refractivity contribution >= 4 is 35.9 Å². The minimum absolute atomic E-state index is 0.234. The topological polar surface area (TPSA) is 78.2 Å². The number of benzene rings is 2. The first-order valence-electron chi connectivity index (χ1n) is 6.85. The van der Waals surface area contributed by atoms with Crippen molar-refractivity contribution in [1.29, 1.82) is 0 Å². The Kier molecular flexibility index (Phi) is 4.13. The van der Waals surface area contributed by atoms with E-state index in [4.69, 9.17) is 23.2 Å². The number of aromatic nitrogens is 2. The molecule has 7 heteroatoms. The molecule has 0 amide bonds. The van der Waals surface area contributed by atoms with Crippen molar-refractivity contribution < 1.29 is 10.2 Å². The fourth-order valence-corrected chi connectivity index (χ4v) is 2.81. The first-order chi connectivity index (χ1) is 11.3. The molecule has 0 fully saturated rings. The van der Waals surface area contributed by atoms with E-state index in [9.17, 15) is 15.0 Å². The van der Waals surface area contributed by atoms with Gasteiger partial charge in [0, 0.05) is 10.0 Å². The van der Waals surface area contributed by atoms with Crippen molar-refractivity contribution in [3.8, 4) is 17.2 Å². The summed E-state index contributed by atoms with van der Waals surface area (Å²) in [7, 11) is 0. The monoisotopic (exact) mass is 362 g/mol. The van der Waals surface area contributed by atoms with E-state index < -0.39 is 0 Å². The maximum Gasteiger partial charge on any atom is 0.279 e. The number of hydrogen-bond donors (Lipinski definition) is 3. The van der Waals surface area contributed by atoms with Gasteiger partial charge in [0.1, 0.15) is 0 Å². The number of nitrogens with one attached hydrogen (secondary N) is 1. The predicted molar refractivity (Wildman–Crippen MR) is 94.5 cm³/mol. The van der Waals surface area contributed by atoms with Crippen LogP contribution in [0.4, 0.5) is 0 Å². The molecule has 0 atom stereocenters. The first-order valence-corrected chi connectivity index (χ1v) is 7.61. The molecule has 3 rings (SSSR count). The number of hydrogen-bond acceptors (Lipinski definition) is 3. The molecule has 24 heavy (non-hydrogen) atoms. The lowest BCUT2D eigenvalue weighted by molar-refractivity contribution is 0.403. The van der Waals surface area contributed by atoms with Crippen LogP contribution in [0.25, 0.3) is 18.3 Å². The second kappa shape index (κ2) is 6.11. The normalized spacial score (nSPS) is 11.8. The molecule has 1 heterocycles. The van der Waals surface area contributed by atoms with Gasteiger partial charge in [-0.1, -0.05) is 35.8 Å². The number of phenols is 2. The second-order valence-corrected chi connectivity index (χ2v) is 6.04. The Morgan fingerprint density at radius 1 is 1.04 bits per heavy atom. The molecule has 5 nitrogen and oxygen atoms in total. The van der Waals surface area contributed by atoms with E-state index in [0.29, 0.717) is 31.9 Å². The summed E-state index contributed by atoms with van der Waals surface area (Å²) in [5.74, 6) is -0.506. The molecule has 3 aromatic rings. The van der Waals surface area contributed by atoms with Crippen molar-refractivity contribution in [1.82, 2.24) is 9.78 Å². The van der Waals surface area contributed by atoms with E-state index in [2.05, 4.69) is 11.7 Å². The zero-order chi connectivity index (χ0) is 17.4. The Morgan fingerprint density at radius 3 is 2.33 bits per heavy atom. The summed E-state index contributed by atoms with van der Waals surface area (Å²) in [6, 6.07) is 9.02. The van der Waals surface area contributed by atoms with Crippen LogP contribution in [0.1, 0.15) is 5.56 Å². The third-order valence-corrected chi connectivity index (χ3v) is 3.86. The fourth-order valence-electron chi connectivity index (χ4n) is 2.29. The van der Waals surface area contributed by atoms with E-state index in [1.807, 2.05) is 0 Å². The number of rotatable bonds is 2. The summed E-state index contributed by atoms with van der Waals surface area (Å²) >= 11 is 11.9. The minimum atomic E-state index is -0.342. The van der Waals surface area contributed by atoms with E-state index in [1.165, 1.54) is 16.8 Å². The fraction of sp³-hybridized carbons (Fsp3) is 0. The van der Waals surface area contributed by atoms with Crippen molar-refractivity contribution in [3.05, 3.63) is 72.9 Å². The number of aromatic amines is 1. The SMILES string of the molecule is C=c1[nH]n(-c2cc(Cl)cc(Cl)c2)c(=O)c1=Cc1ccc(O)c(O)c1. The quantitative estimate of drug-likeness (QED) is 0.611. The van der Waals surface area contributed by atoms with E-state index >= 15 is 0 Å². The molecule has 0 saturated carbocycles. The van der Waals surface area contributed by atoms with Crippen LogP contribution in [-0.2, 0) is 0 Å². The smallest absolute Gasteiger partial charge is 0.279 e. The van der Waals surface area contributed by atoms with Gasteiger partial charge in [-0.2, -0.15) is 0 Å². The number of nitrogens with zero attached hydrogens (tertiary/aromatic N) is 1. The summed E-state index contributed by atoms with van der Waals surface area (Å²) < 4.78 is 1.28. The lowest BCUT2D eigenvalue weighted by Crippen LogP contribution is -2.33. The van der Waals surface area contributed by atoms with Crippen LogP contribution in [-0.4, -0.2) is 20.0 Å². The van der Waals surface area contributed by atoms with Gasteiger partial charge in [-0.25, -0.2) is 4.68 Å². The Morgan fingerprint density at radius 2 is 1.71 bits per heavy atom. The Bertz CT molecular complexity index is 1080. The van der Waals surface area contributed by atoms with Gasteiger partial charge in [0.15, 0.2) is 11.5 Å².